The summed E-state index contributed by atoms with van der Waals surface area (Å²) in [5, 5.41) is 7.77. The normalized spacial score (nSPS) is 16.6. The Morgan fingerprint density at radius 3 is 2.71 bits per heavy atom. The molecule has 128 valence electrons. The van der Waals surface area contributed by atoms with Crippen LogP contribution in [-0.2, 0) is 4.79 Å². The van der Waals surface area contributed by atoms with Gasteiger partial charge in [-0.25, -0.2) is 4.68 Å². The number of para-hydroxylation sites is 1. The van der Waals surface area contributed by atoms with E-state index in [1.807, 2.05) is 30.3 Å². The molecule has 1 N–H and O–H groups in total. The molecule has 0 aliphatic heterocycles. The van der Waals surface area contributed by atoms with Crippen LogP contribution in [0, 0.1) is 0 Å². The van der Waals surface area contributed by atoms with Crippen molar-refractivity contribution in [3.8, 4) is 11.6 Å². The van der Waals surface area contributed by atoms with E-state index < -0.39 is 6.10 Å². The smallest absolute Gasteiger partial charge is 0.261 e. The Kier molecular flexibility index (Phi) is 5.41. The molecule has 3 rings (SSSR count). The number of amides is 1. The van der Waals surface area contributed by atoms with Crippen molar-refractivity contribution in [3.63, 3.8) is 0 Å². The van der Waals surface area contributed by atoms with Gasteiger partial charge in [0.2, 0.25) is 0 Å². The van der Waals surface area contributed by atoms with Crippen molar-refractivity contribution in [1.82, 2.24) is 15.1 Å². The number of hydrogen-bond donors (Lipinski definition) is 1. The van der Waals surface area contributed by atoms with Crippen LogP contribution < -0.4 is 10.1 Å². The Morgan fingerprint density at radius 2 is 2.00 bits per heavy atom. The lowest BCUT2D eigenvalue weighted by Gasteiger charge is -2.24. The minimum atomic E-state index is -0.636. The number of carbonyl (C=O) groups excluding carboxylic acids is 1. The van der Waals surface area contributed by atoms with Gasteiger partial charge in [0.1, 0.15) is 5.02 Å². The summed E-state index contributed by atoms with van der Waals surface area (Å²) in [6.07, 6.45) is 6.73. The molecule has 1 heterocycles. The van der Waals surface area contributed by atoms with Crippen LogP contribution in [0.15, 0.2) is 36.5 Å². The molecule has 1 aliphatic rings. The molecule has 1 aliphatic carbocycles. The van der Waals surface area contributed by atoms with Gasteiger partial charge in [0.05, 0.1) is 11.9 Å². The zero-order chi connectivity index (χ0) is 16.9. The molecule has 5 nitrogen and oxygen atoms in total. The first-order valence-electron chi connectivity index (χ1n) is 8.41. The molecule has 1 amide bonds. The molecule has 1 aromatic heterocycles. The highest BCUT2D eigenvalue weighted by molar-refractivity contribution is 6.31. The van der Waals surface area contributed by atoms with Gasteiger partial charge in [-0.3, -0.25) is 4.79 Å². The van der Waals surface area contributed by atoms with E-state index in [-0.39, 0.29) is 17.8 Å². The zero-order valence-electron chi connectivity index (χ0n) is 13.7. The van der Waals surface area contributed by atoms with Crippen molar-refractivity contribution in [2.45, 2.75) is 51.2 Å². The van der Waals surface area contributed by atoms with Crippen molar-refractivity contribution in [1.29, 1.82) is 0 Å². The fourth-order valence-electron chi connectivity index (χ4n) is 2.92. The molecular formula is C18H22ClN3O2. The van der Waals surface area contributed by atoms with Crippen LogP contribution in [0.4, 0.5) is 0 Å². The first kappa shape index (κ1) is 16.8. The molecule has 2 aromatic rings. The second-order valence-electron chi connectivity index (χ2n) is 6.17. The lowest BCUT2D eigenvalue weighted by molar-refractivity contribution is -0.128. The number of hydrogen-bond acceptors (Lipinski definition) is 3. The van der Waals surface area contributed by atoms with Crippen molar-refractivity contribution in [3.05, 3.63) is 41.6 Å². The van der Waals surface area contributed by atoms with Crippen LogP contribution in [0.25, 0.3) is 5.69 Å². The second-order valence-corrected chi connectivity index (χ2v) is 6.57. The summed E-state index contributed by atoms with van der Waals surface area (Å²) < 4.78 is 7.32. The Bertz CT molecular complexity index is 681. The Hall–Kier alpha value is -2.01. The lowest BCUT2D eigenvalue weighted by Crippen LogP contribution is -2.43. The highest BCUT2D eigenvalue weighted by Gasteiger charge is 2.22. The van der Waals surface area contributed by atoms with E-state index in [9.17, 15) is 4.79 Å². The first-order chi connectivity index (χ1) is 11.6. The van der Waals surface area contributed by atoms with Gasteiger partial charge in [-0.15, -0.1) is 5.10 Å². The van der Waals surface area contributed by atoms with Crippen LogP contribution in [0.2, 0.25) is 5.02 Å². The third-order valence-electron chi connectivity index (χ3n) is 4.27. The number of ether oxygens (including phenoxy) is 1. The molecule has 0 saturated heterocycles. The van der Waals surface area contributed by atoms with E-state index in [0.29, 0.717) is 5.02 Å². The number of nitrogens with zero attached hydrogens (tertiary/aromatic N) is 2. The summed E-state index contributed by atoms with van der Waals surface area (Å²) in [6.45, 7) is 1.72. The Labute approximate surface area is 147 Å². The quantitative estimate of drug-likeness (QED) is 0.896. The van der Waals surface area contributed by atoms with Gasteiger partial charge in [0.15, 0.2) is 6.10 Å². The van der Waals surface area contributed by atoms with Gasteiger partial charge in [-0.1, -0.05) is 49.1 Å². The van der Waals surface area contributed by atoms with E-state index >= 15 is 0 Å². The van der Waals surface area contributed by atoms with E-state index in [0.717, 1.165) is 18.5 Å². The average molecular weight is 348 g/mol. The number of aromatic nitrogens is 2. The van der Waals surface area contributed by atoms with E-state index in [1.54, 1.807) is 17.8 Å². The van der Waals surface area contributed by atoms with Crippen LogP contribution in [-0.4, -0.2) is 27.8 Å². The van der Waals surface area contributed by atoms with Gasteiger partial charge in [0.25, 0.3) is 11.8 Å². The maximum absolute atomic E-state index is 12.3. The maximum Gasteiger partial charge on any atom is 0.261 e. The predicted molar refractivity (Wildman–Crippen MR) is 93.7 cm³/mol. The molecule has 0 radical (unpaired) electrons. The third kappa shape index (κ3) is 4.09. The number of halogens is 1. The Morgan fingerprint density at radius 1 is 1.29 bits per heavy atom. The third-order valence-corrected chi connectivity index (χ3v) is 4.53. The van der Waals surface area contributed by atoms with Gasteiger partial charge in [0, 0.05) is 6.04 Å². The minimum Gasteiger partial charge on any atom is -0.462 e. The summed E-state index contributed by atoms with van der Waals surface area (Å²) in [7, 11) is 0. The topological polar surface area (TPSA) is 56.2 Å². The highest BCUT2D eigenvalue weighted by Crippen LogP contribution is 2.25. The molecule has 0 spiro atoms. The number of carbonyl (C=O) groups is 1. The summed E-state index contributed by atoms with van der Waals surface area (Å²) in [4.78, 5) is 12.3. The average Bonchev–Trinajstić information content (AvgIpc) is 2.97. The van der Waals surface area contributed by atoms with E-state index in [2.05, 4.69) is 10.4 Å². The number of benzene rings is 1. The van der Waals surface area contributed by atoms with Crippen LogP contribution in [0.1, 0.15) is 39.0 Å². The maximum atomic E-state index is 12.3. The summed E-state index contributed by atoms with van der Waals surface area (Å²) >= 11 is 6.20. The predicted octanol–water partition coefficient (Wildman–Crippen LogP) is 3.74. The SMILES string of the molecule is C[C@H](Oc1nn(-c2ccccc2)cc1Cl)C(=O)NC1CCCCC1. The molecule has 0 unspecified atom stereocenters. The minimum absolute atomic E-state index is 0.118. The van der Waals surface area contributed by atoms with Crippen LogP contribution in [0.5, 0.6) is 5.88 Å². The van der Waals surface area contributed by atoms with Gasteiger partial charge in [-0.2, -0.15) is 0 Å². The molecule has 1 fully saturated rings. The fraction of sp³-hybridized carbons (Fsp3) is 0.444. The molecule has 0 bridgehead atoms. The largest absolute Gasteiger partial charge is 0.462 e. The second kappa shape index (κ2) is 7.71. The molecule has 24 heavy (non-hydrogen) atoms. The monoisotopic (exact) mass is 347 g/mol. The Balaban J connectivity index is 1.62. The summed E-state index contributed by atoms with van der Waals surface area (Å²) in [5.74, 6) is 0.152. The molecule has 1 aromatic carbocycles. The lowest BCUT2D eigenvalue weighted by atomic mass is 9.95. The zero-order valence-corrected chi connectivity index (χ0v) is 14.5. The summed E-state index contributed by atoms with van der Waals surface area (Å²) in [6, 6.07) is 9.88. The molecule has 1 saturated carbocycles. The molecular weight excluding hydrogens is 326 g/mol. The van der Waals surface area contributed by atoms with Crippen molar-refractivity contribution >= 4 is 17.5 Å². The molecule has 6 heteroatoms. The number of nitrogens with one attached hydrogen (secondary N) is 1. The van der Waals surface area contributed by atoms with Crippen molar-refractivity contribution in [2.75, 3.05) is 0 Å². The van der Waals surface area contributed by atoms with E-state index in [1.165, 1.54) is 19.3 Å². The first-order valence-corrected chi connectivity index (χ1v) is 8.79. The highest BCUT2D eigenvalue weighted by atomic mass is 35.5. The number of rotatable bonds is 5. The van der Waals surface area contributed by atoms with Gasteiger partial charge in [-0.05, 0) is 31.9 Å². The van der Waals surface area contributed by atoms with Crippen LogP contribution >= 0.6 is 11.6 Å². The van der Waals surface area contributed by atoms with Gasteiger partial charge >= 0.3 is 0 Å². The van der Waals surface area contributed by atoms with Crippen molar-refractivity contribution in [2.24, 2.45) is 0 Å². The van der Waals surface area contributed by atoms with E-state index in [4.69, 9.17) is 16.3 Å². The standard InChI is InChI=1S/C18H22ClN3O2/c1-13(17(23)20-14-8-4-2-5-9-14)24-18-16(19)12-22(21-18)15-10-6-3-7-11-15/h3,6-7,10-14H,2,4-5,8-9H2,1H3,(H,20,23)/t13-/m0/s1. The van der Waals surface area contributed by atoms with Crippen molar-refractivity contribution < 1.29 is 9.53 Å². The molecule has 1 atom stereocenters. The summed E-state index contributed by atoms with van der Waals surface area (Å²) in [5.41, 5.74) is 0.883. The fourth-order valence-corrected chi connectivity index (χ4v) is 3.09. The van der Waals surface area contributed by atoms with Gasteiger partial charge < -0.3 is 10.1 Å². The van der Waals surface area contributed by atoms with Crippen LogP contribution in [0.3, 0.4) is 0 Å².